The lowest BCUT2D eigenvalue weighted by atomic mass is 10.2. The van der Waals surface area contributed by atoms with Gasteiger partial charge in [0.25, 0.3) is 5.91 Å². The third-order valence-electron chi connectivity index (χ3n) is 4.04. The quantitative estimate of drug-likeness (QED) is 0.801. The summed E-state index contributed by atoms with van der Waals surface area (Å²) in [5, 5.41) is 5.98. The van der Waals surface area contributed by atoms with E-state index >= 15 is 0 Å². The number of aromatic nitrogens is 2. The highest BCUT2D eigenvalue weighted by atomic mass is 16.5. The number of amides is 1. The van der Waals surface area contributed by atoms with Crippen LogP contribution >= 0.6 is 0 Å². The number of rotatable bonds is 7. The maximum absolute atomic E-state index is 12.2. The molecule has 3 rings (SSSR count). The molecule has 25 heavy (non-hydrogen) atoms. The first-order valence-corrected chi connectivity index (χ1v) is 8.33. The van der Waals surface area contributed by atoms with Gasteiger partial charge in [0.2, 0.25) is 5.95 Å². The van der Waals surface area contributed by atoms with Crippen molar-refractivity contribution < 1.29 is 14.3 Å². The van der Waals surface area contributed by atoms with Crippen LogP contribution in [-0.2, 0) is 11.3 Å². The van der Waals surface area contributed by atoms with Crippen LogP contribution < -0.4 is 15.4 Å². The van der Waals surface area contributed by atoms with Gasteiger partial charge in [-0.3, -0.25) is 4.79 Å². The van der Waals surface area contributed by atoms with E-state index in [0.29, 0.717) is 24.6 Å². The zero-order valence-corrected chi connectivity index (χ0v) is 14.2. The summed E-state index contributed by atoms with van der Waals surface area (Å²) < 4.78 is 10.6. The van der Waals surface area contributed by atoms with Crippen molar-refractivity contribution in [1.82, 2.24) is 15.3 Å². The SMILES string of the molecule is COc1ccc(CNC(=O)c2cnc(NCC3CCCO3)nc2)cc1. The van der Waals surface area contributed by atoms with Crippen LogP contribution in [0.2, 0.25) is 0 Å². The molecule has 0 saturated carbocycles. The van der Waals surface area contributed by atoms with Gasteiger partial charge in [0, 0.05) is 32.1 Å². The maximum atomic E-state index is 12.2. The normalized spacial score (nSPS) is 16.4. The molecule has 2 aromatic rings. The van der Waals surface area contributed by atoms with Crippen LogP contribution in [0.1, 0.15) is 28.8 Å². The molecule has 1 aliphatic heterocycles. The summed E-state index contributed by atoms with van der Waals surface area (Å²) in [5.74, 6) is 1.08. The number of carbonyl (C=O) groups is 1. The fourth-order valence-electron chi connectivity index (χ4n) is 2.57. The molecular formula is C18H22N4O3. The fraction of sp³-hybridized carbons (Fsp3) is 0.389. The third-order valence-corrected chi connectivity index (χ3v) is 4.04. The first kappa shape index (κ1) is 17.2. The number of hydrogen-bond donors (Lipinski definition) is 2. The summed E-state index contributed by atoms with van der Waals surface area (Å²) in [6, 6.07) is 7.54. The molecule has 0 aliphatic carbocycles. The van der Waals surface area contributed by atoms with Gasteiger partial charge in [-0.2, -0.15) is 0 Å². The minimum atomic E-state index is -0.207. The number of carbonyl (C=O) groups excluding carboxylic acids is 1. The summed E-state index contributed by atoms with van der Waals surface area (Å²) in [4.78, 5) is 20.5. The van der Waals surface area contributed by atoms with Gasteiger partial charge in [-0.05, 0) is 30.5 Å². The number of anilines is 1. The van der Waals surface area contributed by atoms with Crippen molar-refractivity contribution in [3.05, 3.63) is 47.8 Å². The van der Waals surface area contributed by atoms with E-state index in [2.05, 4.69) is 20.6 Å². The fourth-order valence-corrected chi connectivity index (χ4v) is 2.57. The summed E-state index contributed by atoms with van der Waals surface area (Å²) >= 11 is 0. The Labute approximate surface area is 146 Å². The van der Waals surface area contributed by atoms with E-state index < -0.39 is 0 Å². The van der Waals surface area contributed by atoms with Crippen LogP contribution in [-0.4, -0.2) is 42.2 Å². The Hall–Kier alpha value is -2.67. The molecule has 2 heterocycles. The number of hydrogen-bond acceptors (Lipinski definition) is 6. The molecule has 1 aromatic heterocycles. The smallest absolute Gasteiger partial charge is 0.254 e. The largest absolute Gasteiger partial charge is 0.497 e. The first-order valence-electron chi connectivity index (χ1n) is 8.33. The number of ether oxygens (including phenoxy) is 2. The van der Waals surface area contributed by atoms with Crippen LogP contribution in [0.4, 0.5) is 5.95 Å². The minimum Gasteiger partial charge on any atom is -0.497 e. The van der Waals surface area contributed by atoms with Gasteiger partial charge >= 0.3 is 0 Å². The van der Waals surface area contributed by atoms with E-state index in [1.807, 2.05) is 24.3 Å². The number of benzene rings is 1. The summed E-state index contributed by atoms with van der Waals surface area (Å²) in [6.07, 6.45) is 5.41. The topological polar surface area (TPSA) is 85.4 Å². The summed E-state index contributed by atoms with van der Waals surface area (Å²) in [6.45, 7) is 1.94. The first-order chi connectivity index (χ1) is 12.2. The van der Waals surface area contributed by atoms with Gasteiger partial charge in [-0.25, -0.2) is 9.97 Å². The molecule has 0 bridgehead atoms. The van der Waals surface area contributed by atoms with Gasteiger partial charge in [0.15, 0.2) is 0 Å². The van der Waals surface area contributed by atoms with Crippen molar-refractivity contribution in [1.29, 1.82) is 0 Å². The van der Waals surface area contributed by atoms with Crippen molar-refractivity contribution in [2.75, 3.05) is 25.6 Å². The standard InChI is InChI=1S/C18H22N4O3/c1-24-15-6-4-13(5-7-15)9-19-17(23)14-10-20-18(21-11-14)22-12-16-3-2-8-25-16/h4-7,10-11,16H,2-3,8-9,12H2,1H3,(H,19,23)(H,20,21,22). The highest BCUT2D eigenvalue weighted by Crippen LogP contribution is 2.13. The molecule has 1 aliphatic rings. The predicted molar refractivity (Wildman–Crippen MR) is 93.7 cm³/mol. The number of nitrogens with one attached hydrogen (secondary N) is 2. The second-order valence-electron chi connectivity index (χ2n) is 5.84. The molecular weight excluding hydrogens is 320 g/mol. The van der Waals surface area contributed by atoms with Crippen LogP contribution in [0.15, 0.2) is 36.7 Å². The monoisotopic (exact) mass is 342 g/mol. The lowest BCUT2D eigenvalue weighted by Gasteiger charge is -2.10. The molecule has 0 spiro atoms. The highest BCUT2D eigenvalue weighted by Gasteiger charge is 2.15. The second kappa shape index (κ2) is 8.43. The summed E-state index contributed by atoms with van der Waals surface area (Å²) in [7, 11) is 1.62. The molecule has 1 unspecified atom stereocenters. The molecule has 1 amide bonds. The summed E-state index contributed by atoms with van der Waals surface area (Å²) in [5.41, 5.74) is 1.42. The Morgan fingerprint density at radius 2 is 2.04 bits per heavy atom. The zero-order chi connectivity index (χ0) is 17.5. The average Bonchev–Trinajstić information content (AvgIpc) is 3.19. The van der Waals surface area contributed by atoms with E-state index in [1.165, 1.54) is 12.4 Å². The van der Waals surface area contributed by atoms with E-state index in [4.69, 9.17) is 9.47 Å². The van der Waals surface area contributed by atoms with Gasteiger partial charge in [-0.15, -0.1) is 0 Å². The lowest BCUT2D eigenvalue weighted by molar-refractivity contribution is 0.0950. The van der Waals surface area contributed by atoms with Crippen molar-refractivity contribution in [3.8, 4) is 5.75 Å². The van der Waals surface area contributed by atoms with Crippen molar-refractivity contribution in [2.24, 2.45) is 0 Å². The van der Waals surface area contributed by atoms with Gasteiger partial charge in [-0.1, -0.05) is 12.1 Å². The van der Waals surface area contributed by atoms with Gasteiger partial charge in [0.05, 0.1) is 18.8 Å². The predicted octanol–water partition coefficient (Wildman–Crippen LogP) is 2.01. The number of methoxy groups -OCH3 is 1. The van der Waals surface area contributed by atoms with E-state index in [-0.39, 0.29) is 12.0 Å². The Kier molecular flexibility index (Phi) is 5.79. The molecule has 7 nitrogen and oxygen atoms in total. The third kappa shape index (κ3) is 4.90. The maximum Gasteiger partial charge on any atom is 0.254 e. The Balaban J connectivity index is 1.47. The Bertz CT molecular complexity index is 682. The molecule has 0 radical (unpaired) electrons. The molecule has 7 heteroatoms. The van der Waals surface area contributed by atoms with Crippen molar-refractivity contribution in [3.63, 3.8) is 0 Å². The zero-order valence-electron chi connectivity index (χ0n) is 14.2. The second-order valence-corrected chi connectivity index (χ2v) is 5.84. The molecule has 132 valence electrons. The average molecular weight is 342 g/mol. The number of nitrogens with zero attached hydrogens (tertiary/aromatic N) is 2. The van der Waals surface area contributed by atoms with E-state index in [1.54, 1.807) is 7.11 Å². The molecule has 1 aromatic carbocycles. The highest BCUT2D eigenvalue weighted by molar-refractivity contribution is 5.93. The van der Waals surface area contributed by atoms with Crippen LogP contribution in [0.5, 0.6) is 5.75 Å². The van der Waals surface area contributed by atoms with Gasteiger partial charge in [0.1, 0.15) is 5.75 Å². The van der Waals surface area contributed by atoms with Crippen LogP contribution in [0.25, 0.3) is 0 Å². The molecule has 1 atom stereocenters. The van der Waals surface area contributed by atoms with E-state index in [9.17, 15) is 4.79 Å². The van der Waals surface area contributed by atoms with Crippen LogP contribution in [0.3, 0.4) is 0 Å². The van der Waals surface area contributed by atoms with Gasteiger partial charge < -0.3 is 20.1 Å². The molecule has 1 fully saturated rings. The van der Waals surface area contributed by atoms with Crippen molar-refractivity contribution in [2.45, 2.75) is 25.5 Å². The molecule has 2 N–H and O–H groups in total. The van der Waals surface area contributed by atoms with Crippen molar-refractivity contribution >= 4 is 11.9 Å². The Morgan fingerprint density at radius 1 is 1.28 bits per heavy atom. The van der Waals surface area contributed by atoms with E-state index in [0.717, 1.165) is 30.8 Å². The van der Waals surface area contributed by atoms with Crippen LogP contribution in [0, 0.1) is 0 Å². The Morgan fingerprint density at radius 3 is 2.68 bits per heavy atom. The lowest BCUT2D eigenvalue weighted by Crippen LogP contribution is -2.23. The minimum absolute atomic E-state index is 0.207. The molecule has 1 saturated heterocycles.